The van der Waals surface area contributed by atoms with Gasteiger partial charge in [0.15, 0.2) is 0 Å². The Bertz CT molecular complexity index is 546. The molecule has 0 spiro atoms. The molecule has 0 aromatic heterocycles. The summed E-state index contributed by atoms with van der Waals surface area (Å²) in [5.41, 5.74) is 0. The Balaban J connectivity index is 0. The van der Waals surface area contributed by atoms with E-state index in [1.807, 2.05) is 0 Å². The summed E-state index contributed by atoms with van der Waals surface area (Å²) in [5.74, 6) is -0.909. The third-order valence-corrected chi connectivity index (χ3v) is 15.5. The van der Waals surface area contributed by atoms with Crippen molar-refractivity contribution in [3.63, 3.8) is 0 Å². The lowest BCUT2D eigenvalue weighted by Gasteiger charge is -2.28. The maximum absolute atomic E-state index is 10.1. The Kier molecular flexibility index (Phi) is 43.9. The second kappa shape index (κ2) is 42.1. The Morgan fingerprint density at radius 1 is 0.319 bits per heavy atom. The molecule has 0 aliphatic rings. The van der Waals surface area contributed by atoms with Crippen molar-refractivity contribution in [2.45, 2.75) is 253 Å². The summed E-state index contributed by atoms with van der Waals surface area (Å²) in [5, 5.41) is 10.1. The van der Waals surface area contributed by atoms with Crippen molar-refractivity contribution in [2.24, 2.45) is 0 Å². The SMILES string of the molecule is CCCCCCCCCCCC(=O)[O-].CCCCCCCCCCCCCC[P+](CCCCCC)(CCCCCC)CCCCCC. The van der Waals surface area contributed by atoms with Gasteiger partial charge in [-0.15, -0.1) is 0 Å². The number of hydrogen-bond acceptors (Lipinski definition) is 2. The van der Waals surface area contributed by atoms with Crippen LogP contribution in [-0.2, 0) is 4.79 Å². The molecule has 0 radical (unpaired) electrons. The van der Waals surface area contributed by atoms with Crippen LogP contribution >= 0.6 is 7.26 Å². The van der Waals surface area contributed by atoms with E-state index in [9.17, 15) is 9.90 Å². The first-order chi connectivity index (χ1) is 23.0. The molecule has 284 valence electrons. The largest absolute Gasteiger partial charge is 0.550 e. The number of carbonyl (C=O) groups excluding carboxylic acids is 1. The van der Waals surface area contributed by atoms with E-state index < -0.39 is 13.2 Å². The summed E-state index contributed by atoms with van der Waals surface area (Å²) in [7, 11) is -0.697. The quantitative estimate of drug-likeness (QED) is 0.0480. The highest BCUT2D eigenvalue weighted by molar-refractivity contribution is 7.75. The van der Waals surface area contributed by atoms with Gasteiger partial charge in [-0.1, -0.05) is 189 Å². The summed E-state index contributed by atoms with van der Waals surface area (Å²) in [4.78, 5) is 10.1. The van der Waals surface area contributed by atoms with E-state index in [1.54, 1.807) is 50.3 Å². The van der Waals surface area contributed by atoms with E-state index in [1.165, 1.54) is 173 Å². The van der Waals surface area contributed by atoms with Gasteiger partial charge >= 0.3 is 0 Å². The second-order valence-corrected chi connectivity index (χ2v) is 19.7. The number of carboxylic acids is 1. The third-order valence-electron chi connectivity index (χ3n) is 10.4. The highest BCUT2D eigenvalue weighted by Crippen LogP contribution is 2.61. The molecule has 0 fully saturated rings. The van der Waals surface area contributed by atoms with Crippen LogP contribution in [0.15, 0.2) is 0 Å². The van der Waals surface area contributed by atoms with E-state index in [-0.39, 0.29) is 6.42 Å². The molecule has 47 heavy (non-hydrogen) atoms. The van der Waals surface area contributed by atoms with E-state index in [0.717, 1.165) is 12.8 Å². The van der Waals surface area contributed by atoms with Gasteiger partial charge in [0.05, 0.1) is 24.6 Å². The van der Waals surface area contributed by atoms with Crippen molar-refractivity contribution in [3.8, 4) is 0 Å². The molecule has 0 aromatic rings. The lowest BCUT2D eigenvalue weighted by molar-refractivity contribution is -0.305. The number of rotatable bonds is 38. The number of carboxylic acid groups (broad SMARTS) is 1. The van der Waals surface area contributed by atoms with Crippen molar-refractivity contribution >= 4 is 13.2 Å². The zero-order chi connectivity index (χ0) is 34.9. The summed E-state index contributed by atoms with van der Waals surface area (Å²) in [6.45, 7) is 11.6. The van der Waals surface area contributed by atoms with Crippen molar-refractivity contribution in [3.05, 3.63) is 0 Å². The summed E-state index contributed by atoms with van der Waals surface area (Å²) in [6.07, 6.45) is 53.3. The third kappa shape index (κ3) is 40.2. The zero-order valence-corrected chi connectivity index (χ0v) is 34.5. The van der Waals surface area contributed by atoms with Gasteiger partial charge < -0.3 is 9.90 Å². The highest BCUT2D eigenvalue weighted by atomic mass is 31.2. The molecule has 0 amide bonds. The summed E-state index contributed by atoms with van der Waals surface area (Å²) in [6, 6.07) is 0. The highest BCUT2D eigenvalue weighted by Gasteiger charge is 2.34. The molecular formula is C44H91O2P. The topological polar surface area (TPSA) is 40.1 Å². The molecule has 0 rings (SSSR count). The molecular weight excluding hydrogens is 591 g/mol. The van der Waals surface area contributed by atoms with Crippen molar-refractivity contribution in [1.29, 1.82) is 0 Å². The predicted octanol–water partition coefficient (Wildman–Crippen LogP) is 15.1. The van der Waals surface area contributed by atoms with Gasteiger partial charge in [-0.25, -0.2) is 0 Å². The second-order valence-electron chi connectivity index (χ2n) is 15.3. The fraction of sp³-hybridized carbons (Fsp3) is 0.977. The standard InChI is InChI=1S/C32H68P.C12H24O2/c1-5-9-13-17-18-19-20-21-22-23-24-28-32-33(29-25-14-10-6-2,30-26-15-11-7-3)31-27-16-12-8-4;1-2-3-4-5-6-7-8-9-10-11-12(13)14/h5-32H2,1-4H3;2-11H2,1H3,(H,13,14)/q+1;/p-1. The lowest BCUT2D eigenvalue weighted by Crippen LogP contribution is -2.21. The molecule has 0 aliphatic carbocycles. The normalized spacial score (nSPS) is 11.5. The Labute approximate surface area is 299 Å². The zero-order valence-electron chi connectivity index (χ0n) is 33.6. The fourth-order valence-corrected chi connectivity index (χ4v) is 12.1. The molecule has 2 nitrogen and oxygen atoms in total. The minimum atomic E-state index is -0.909. The first-order valence-corrected chi connectivity index (χ1v) is 24.6. The van der Waals surface area contributed by atoms with Crippen LogP contribution in [0.4, 0.5) is 0 Å². The first-order valence-electron chi connectivity index (χ1n) is 22.1. The van der Waals surface area contributed by atoms with Crippen LogP contribution in [0.2, 0.25) is 0 Å². The molecule has 0 saturated heterocycles. The molecule has 0 bridgehead atoms. The predicted molar refractivity (Wildman–Crippen MR) is 217 cm³/mol. The van der Waals surface area contributed by atoms with Gasteiger partial charge in [0.25, 0.3) is 0 Å². The van der Waals surface area contributed by atoms with E-state index in [4.69, 9.17) is 0 Å². The van der Waals surface area contributed by atoms with Crippen LogP contribution in [0.1, 0.15) is 253 Å². The van der Waals surface area contributed by atoms with E-state index >= 15 is 0 Å². The van der Waals surface area contributed by atoms with Crippen molar-refractivity contribution < 1.29 is 9.90 Å². The van der Waals surface area contributed by atoms with Gasteiger partial charge in [0.2, 0.25) is 0 Å². The van der Waals surface area contributed by atoms with Crippen LogP contribution < -0.4 is 5.11 Å². The number of unbranched alkanes of at least 4 members (excludes halogenated alkanes) is 28. The van der Waals surface area contributed by atoms with Gasteiger partial charge in [-0.3, -0.25) is 0 Å². The average molecular weight is 683 g/mol. The van der Waals surface area contributed by atoms with Gasteiger partial charge in [-0.2, -0.15) is 0 Å². The molecule has 0 atom stereocenters. The molecule has 0 unspecified atom stereocenters. The van der Waals surface area contributed by atoms with Gasteiger partial charge in [0, 0.05) is 13.2 Å². The molecule has 0 aliphatic heterocycles. The Hall–Kier alpha value is -0.100. The molecule has 0 aromatic carbocycles. The van der Waals surface area contributed by atoms with Crippen LogP contribution in [0.3, 0.4) is 0 Å². The van der Waals surface area contributed by atoms with E-state index in [0.29, 0.717) is 0 Å². The molecule has 0 N–H and O–H groups in total. The summed E-state index contributed by atoms with van der Waals surface area (Å²) >= 11 is 0. The minimum absolute atomic E-state index is 0.232. The van der Waals surface area contributed by atoms with Crippen LogP contribution in [0, 0.1) is 0 Å². The van der Waals surface area contributed by atoms with Gasteiger partial charge in [0.1, 0.15) is 0 Å². The maximum Gasteiger partial charge on any atom is 0.0594 e. The smallest absolute Gasteiger partial charge is 0.0594 e. The van der Waals surface area contributed by atoms with Crippen LogP contribution in [0.5, 0.6) is 0 Å². The first kappa shape index (κ1) is 49.0. The number of carbonyl (C=O) groups is 1. The lowest BCUT2D eigenvalue weighted by atomic mass is 10.1. The fourth-order valence-electron chi connectivity index (χ4n) is 7.16. The average Bonchev–Trinajstić information content (AvgIpc) is 3.07. The number of hydrogen-bond donors (Lipinski definition) is 0. The summed E-state index contributed by atoms with van der Waals surface area (Å²) < 4.78 is 0. The molecule has 0 saturated carbocycles. The van der Waals surface area contributed by atoms with Crippen LogP contribution in [0.25, 0.3) is 0 Å². The Morgan fingerprint density at radius 3 is 0.745 bits per heavy atom. The van der Waals surface area contributed by atoms with Crippen LogP contribution in [-0.4, -0.2) is 30.6 Å². The monoisotopic (exact) mass is 683 g/mol. The number of aliphatic carboxylic acids is 1. The van der Waals surface area contributed by atoms with E-state index in [2.05, 4.69) is 34.6 Å². The van der Waals surface area contributed by atoms with Crippen molar-refractivity contribution in [1.82, 2.24) is 0 Å². The minimum Gasteiger partial charge on any atom is -0.550 e. The Morgan fingerprint density at radius 2 is 0.511 bits per heavy atom. The van der Waals surface area contributed by atoms with Gasteiger partial charge in [-0.05, 0) is 64.2 Å². The molecule has 0 heterocycles. The van der Waals surface area contributed by atoms with Crippen molar-refractivity contribution in [2.75, 3.05) is 24.6 Å². The molecule has 3 heteroatoms. The maximum atomic E-state index is 10.1.